The first-order chi connectivity index (χ1) is 15.5. The van der Waals surface area contributed by atoms with Gasteiger partial charge in [0.05, 0.1) is 11.9 Å². The van der Waals surface area contributed by atoms with Crippen LogP contribution >= 0.6 is 0 Å². The van der Waals surface area contributed by atoms with Gasteiger partial charge >= 0.3 is 0 Å². The van der Waals surface area contributed by atoms with Gasteiger partial charge < -0.3 is 10.2 Å². The second-order valence-corrected chi connectivity index (χ2v) is 10.6. The molecule has 0 saturated carbocycles. The zero-order chi connectivity index (χ0) is 24.6. The number of benzene rings is 2. The number of sulfonamides is 1. The van der Waals surface area contributed by atoms with Crippen LogP contribution in [0.1, 0.15) is 38.3 Å². The fourth-order valence-electron chi connectivity index (χ4n) is 3.45. The highest BCUT2D eigenvalue weighted by atomic mass is 32.2. The summed E-state index contributed by atoms with van der Waals surface area (Å²) < 4.78 is 26.2. The molecule has 0 fully saturated rings. The van der Waals surface area contributed by atoms with Crippen molar-refractivity contribution in [2.75, 3.05) is 23.7 Å². The van der Waals surface area contributed by atoms with Crippen molar-refractivity contribution in [3.63, 3.8) is 0 Å². The van der Waals surface area contributed by atoms with Crippen molar-refractivity contribution in [2.45, 2.75) is 46.7 Å². The van der Waals surface area contributed by atoms with Crippen molar-refractivity contribution in [1.82, 2.24) is 10.2 Å². The molecule has 0 heterocycles. The van der Waals surface area contributed by atoms with E-state index in [2.05, 4.69) is 5.32 Å². The van der Waals surface area contributed by atoms with E-state index in [9.17, 15) is 18.0 Å². The standard InChI is InChI=1S/C25H35N3O4S/c1-6-23(25(30)26-16-19(2)3)27(17-21-10-8-7-9-11-21)24(29)18-28(33(5,31)32)22-14-12-20(4)13-15-22/h7-15,19,23H,6,16-18H2,1-5H3,(H,26,30)/t23-/m1/s1. The van der Waals surface area contributed by atoms with Gasteiger partial charge in [-0.25, -0.2) is 8.42 Å². The molecule has 2 amide bonds. The fourth-order valence-corrected chi connectivity index (χ4v) is 4.30. The molecule has 33 heavy (non-hydrogen) atoms. The highest BCUT2D eigenvalue weighted by Crippen LogP contribution is 2.20. The molecule has 180 valence electrons. The monoisotopic (exact) mass is 473 g/mol. The molecular weight excluding hydrogens is 438 g/mol. The molecule has 0 bridgehead atoms. The normalized spacial score (nSPS) is 12.3. The number of amides is 2. The Bertz CT molecular complexity index is 1020. The minimum absolute atomic E-state index is 0.207. The summed E-state index contributed by atoms with van der Waals surface area (Å²) in [5.74, 6) is -0.403. The maximum atomic E-state index is 13.5. The molecule has 0 radical (unpaired) electrons. The summed E-state index contributed by atoms with van der Waals surface area (Å²) in [6.45, 7) is 8.07. The van der Waals surface area contributed by atoms with E-state index in [0.717, 1.165) is 21.7 Å². The highest BCUT2D eigenvalue weighted by Gasteiger charge is 2.31. The smallest absolute Gasteiger partial charge is 0.244 e. The molecule has 0 spiro atoms. The van der Waals surface area contributed by atoms with E-state index in [-0.39, 0.29) is 24.9 Å². The minimum atomic E-state index is -3.72. The molecule has 0 unspecified atom stereocenters. The Balaban J connectivity index is 2.37. The Morgan fingerprint density at radius 2 is 1.61 bits per heavy atom. The van der Waals surface area contributed by atoms with Gasteiger partial charge in [0.15, 0.2) is 0 Å². The lowest BCUT2D eigenvalue weighted by Crippen LogP contribution is -2.52. The Hall–Kier alpha value is -2.87. The first-order valence-corrected chi connectivity index (χ1v) is 13.0. The van der Waals surface area contributed by atoms with Crippen molar-refractivity contribution in [3.8, 4) is 0 Å². The van der Waals surface area contributed by atoms with Crippen LogP contribution in [0.4, 0.5) is 5.69 Å². The molecule has 0 saturated heterocycles. The largest absolute Gasteiger partial charge is 0.354 e. The molecule has 2 rings (SSSR count). The third kappa shape index (κ3) is 7.89. The van der Waals surface area contributed by atoms with Gasteiger partial charge in [-0.05, 0) is 37.0 Å². The summed E-state index contributed by atoms with van der Waals surface area (Å²) in [5.41, 5.74) is 2.26. The van der Waals surface area contributed by atoms with E-state index in [4.69, 9.17) is 0 Å². The number of hydrogen-bond acceptors (Lipinski definition) is 4. The van der Waals surface area contributed by atoms with E-state index in [1.807, 2.05) is 58.0 Å². The number of carbonyl (C=O) groups excluding carboxylic acids is 2. The van der Waals surface area contributed by atoms with Gasteiger partial charge in [0.1, 0.15) is 12.6 Å². The minimum Gasteiger partial charge on any atom is -0.354 e. The molecule has 0 aliphatic carbocycles. The zero-order valence-electron chi connectivity index (χ0n) is 20.1. The van der Waals surface area contributed by atoms with Gasteiger partial charge in [-0.2, -0.15) is 0 Å². The maximum absolute atomic E-state index is 13.5. The molecule has 0 aliphatic rings. The average molecular weight is 474 g/mol. The van der Waals surface area contributed by atoms with Crippen LogP contribution in [0.15, 0.2) is 54.6 Å². The van der Waals surface area contributed by atoms with Crippen molar-refractivity contribution in [1.29, 1.82) is 0 Å². The van der Waals surface area contributed by atoms with Crippen LogP contribution in [0.5, 0.6) is 0 Å². The molecule has 1 atom stereocenters. The number of rotatable bonds is 11. The summed E-state index contributed by atoms with van der Waals surface area (Å²) in [6.07, 6.45) is 1.49. The van der Waals surface area contributed by atoms with Crippen LogP contribution in [-0.2, 0) is 26.2 Å². The van der Waals surface area contributed by atoms with Crippen LogP contribution in [0.25, 0.3) is 0 Å². The lowest BCUT2D eigenvalue weighted by molar-refractivity contribution is -0.140. The van der Waals surface area contributed by atoms with Crippen LogP contribution in [-0.4, -0.2) is 50.5 Å². The predicted molar refractivity (Wildman–Crippen MR) is 132 cm³/mol. The number of aryl methyl sites for hydroxylation is 1. The molecule has 2 aromatic rings. The summed E-state index contributed by atoms with van der Waals surface area (Å²) in [4.78, 5) is 28.0. The van der Waals surface area contributed by atoms with E-state index < -0.39 is 22.0 Å². The third-order valence-electron chi connectivity index (χ3n) is 5.27. The fraction of sp³-hybridized carbons (Fsp3) is 0.440. The molecule has 0 aromatic heterocycles. The van der Waals surface area contributed by atoms with Crippen LogP contribution in [0.2, 0.25) is 0 Å². The molecule has 7 nitrogen and oxygen atoms in total. The van der Waals surface area contributed by atoms with Crippen LogP contribution in [0, 0.1) is 12.8 Å². The Labute approximate surface area is 197 Å². The second kappa shape index (κ2) is 11.8. The molecule has 1 N–H and O–H groups in total. The SMILES string of the molecule is CC[C@H](C(=O)NCC(C)C)N(Cc1ccccc1)C(=O)CN(c1ccc(C)cc1)S(C)(=O)=O. The van der Waals surface area contributed by atoms with Gasteiger partial charge in [-0.15, -0.1) is 0 Å². The Morgan fingerprint density at radius 1 is 1.00 bits per heavy atom. The van der Waals surface area contributed by atoms with E-state index in [0.29, 0.717) is 18.7 Å². The van der Waals surface area contributed by atoms with Gasteiger partial charge in [-0.1, -0.05) is 68.8 Å². The first-order valence-electron chi connectivity index (χ1n) is 11.2. The zero-order valence-corrected chi connectivity index (χ0v) is 20.9. The van der Waals surface area contributed by atoms with Crippen molar-refractivity contribution in [2.24, 2.45) is 5.92 Å². The van der Waals surface area contributed by atoms with E-state index >= 15 is 0 Å². The van der Waals surface area contributed by atoms with E-state index in [1.54, 1.807) is 24.3 Å². The van der Waals surface area contributed by atoms with Gasteiger partial charge in [-0.3, -0.25) is 13.9 Å². The van der Waals surface area contributed by atoms with Crippen LogP contribution in [0.3, 0.4) is 0 Å². The number of anilines is 1. The molecule has 2 aromatic carbocycles. The van der Waals surface area contributed by atoms with E-state index in [1.165, 1.54) is 4.90 Å². The summed E-state index contributed by atoms with van der Waals surface area (Å²) in [7, 11) is -3.72. The number of nitrogens with zero attached hydrogens (tertiary/aromatic N) is 2. The quantitative estimate of drug-likeness (QED) is 0.542. The van der Waals surface area contributed by atoms with Crippen molar-refractivity contribution < 1.29 is 18.0 Å². The molecule has 8 heteroatoms. The molecule has 0 aliphatic heterocycles. The number of carbonyl (C=O) groups is 2. The lowest BCUT2D eigenvalue weighted by Gasteiger charge is -2.33. The van der Waals surface area contributed by atoms with Gasteiger partial charge in [0.25, 0.3) is 0 Å². The summed E-state index contributed by atoms with van der Waals surface area (Å²) in [6, 6.07) is 15.6. The molecular formula is C25H35N3O4S. The average Bonchev–Trinajstić information content (AvgIpc) is 2.76. The highest BCUT2D eigenvalue weighted by molar-refractivity contribution is 7.92. The predicted octanol–water partition coefficient (Wildman–Crippen LogP) is 3.34. The maximum Gasteiger partial charge on any atom is 0.244 e. The third-order valence-corrected chi connectivity index (χ3v) is 6.41. The summed E-state index contributed by atoms with van der Waals surface area (Å²) in [5, 5.41) is 2.91. The second-order valence-electron chi connectivity index (χ2n) is 8.68. The Kier molecular flexibility index (Phi) is 9.46. The Morgan fingerprint density at radius 3 is 2.12 bits per heavy atom. The van der Waals surface area contributed by atoms with Crippen molar-refractivity contribution in [3.05, 3.63) is 65.7 Å². The lowest BCUT2D eigenvalue weighted by atomic mass is 10.1. The number of nitrogens with one attached hydrogen (secondary N) is 1. The van der Waals surface area contributed by atoms with Gasteiger partial charge in [0, 0.05) is 13.1 Å². The number of hydrogen-bond donors (Lipinski definition) is 1. The van der Waals surface area contributed by atoms with Gasteiger partial charge in [0.2, 0.25) is 21.8 Å². The van der Waals surface area contributed by atoms with Crippen LogP contribution < -0.4 is 9.62 Å². The first kappa shape index (κ1) is 26.4. The topological polar surface area (TPSA) is 86.8 Å². The summed E-state index contributed by atoms with van der Waals surface area (Å²) >= 11 is 0. The van der Waals surface area contributed by atoms with Crippen molar-refractivity contribution >= 4 is 27.5 Å².